The summed E-state index contributed by atoms with van der Waals surface area (Å²) in [5.41, 5.74) is 0. The fourth-order valence-corrected chi connectivity index (χ4v) is 2.61. The highest BCUT2D eigenvalue weighted by molar-refractivity contribution is 5.75. The molecule has 118 valence electrons. The number of amides is 1. The Labute approximate surface area is 124 Å². The van der Waals surface area contributed by atoms with Gasteiger partial charge in [0.25, 0.3) is 0 Å². The Kier molecular flexibility index (Phi) is 8.15. The maximum Gasteiger partial charge on any atom is 0.222 e. The van der Waals surface area contributed by atoms with Crippen molar-refractivity contribution in [2.75, 3.05) is 39.8 Å². The van der Waals surface area contributed by atoms with E-state index < -0.39 is 0 Å². The quantitative estimate of drug-likeness (QED) is 0.686. The maximum atomic E-state index is 11.5. The van der Waals surface area contributed by atoms with E-state index in [1.807, 2.05) is 18.9 Å². The molecule has 1 fully saturated rings. The summed E-state index contributed by atoms with van der Waals surface area (Å²) in [5, 5.41) is 0. The number of hydrogen-bond acceptors (Lipinski definition) is 3. The van der Waals surface area contributed by atoms with Gasteiger partial charge in [0, 0.05) is 33.1 Å². The normalized spacial score (nSPS) is 20.4. The lowest BCUT2D eigenvalue weighted by molar-refractivity contribution is -0.130. The van der Waals surface area contributed by atoms with E-state index in [0.717, 1.165) is 38.6 Å². The number of carbonyl (C=O) groups excluding carboxylic acids is 1. The van der Waals surface area contributed by atoms with Gasteiger partial charge in [-0.05, 0) is 31.7 Å². The molecule has 1 amide bonds. The van der Waals surface area contributed by atoms with Crippen molar-refractivity contribution in [3.05, 3.63) is 0 Å². The first kappa shape index (κ1) is 17.4. The molecule has 4 nitrogen and oxygen atoms in total. The summed E-state index contributed by atoms with van der Waals surface area (Å²) in [6.45, 7) is 11.4. The molecular formula is C16H32N2O2. The van der Waals surface area contributed by atoms with Crippen molar-refractivity contribution in [3.63, 3.8) is 0 Å². The topological polar surface area (TPSA) is 32.8 Å². The van der Waals surface area contributed by atoms with Crippen LogP contribution in [0.15, 0.2) is 0 Å². The first-order valence-electron chi connectivity index (χ1n) is 8.10. The van der Waals surface area contributed by atoms with E-state index in [2.05, 4.69) is 18.7 Å². The van der Waals surface area contributed by atoms with Gasteiger partial charge in [0.15, 0.2) is 0 Å². The molecule has 1 atom stereocenters. The Balaban J connectivity index is 2.21. The van der Waals surface area contributed by atoms with Crippen LogP contribution in [0, 0.1) is 5.92 Å². The smallest absolute Gasteiger partial charge is 0.222 e. The molecule has 1 aliphatic rings. The van der Waals surface area contributed by atoms with Gasteiger partial charge in [0.2, 0.25) is 5.91 Å². The van der Waals surface area contributed by atoms with Crippen molar-refractivity contribution < 1.29 is 9.53 Å². The van der Waals surface area contributed by atoms with Crippen molar-refractivity contribution >= 4 is 5.91 Å². The molecule has 0 aromatic carbocycles. The summed E-state index contributed by atoms with van der Waals surface area (Å²) in [7, 11) is 1.88. The molecule has 0 aromatic rings. The van der Waals surface area contributed by atoms with Gasteiger partial charge in [-0.3, -0.25) is 9.69 Å². The van der Waals surface area contributed by atoms with E-state index in [-0.39, 0.29) is 12.0 Å². The standard InChI is InChI=1S/C16H32N2O2/c1-5-16(19)17(4)10-8-15-13-18(11-12-20-15)9-6-7-14(2)3/h14-15H,5-13H2,1-4H3/t15-/m1/s1. The number of ether oxygens (including phenoxy) is 1. The minimum atomic E-state index is 0.217. The van der Waals surface area contributed by atoms with Crippen LogP contribution in [-0.4, -0.2) is 61.6 Å². The Hall–Kier alpha value is -0.610. The van der Waals surface area contributed by atoms with Crippen molar-refractivity contribution in [3.8, 4) is 0 Å². The third-order valence-corrected chi connectivity index (χ3v) is 3.99. The minimum Gasteiger partial charge on any atom is -0.375 e. The molecule has 0 unspecified atom stereocenters. The molecule has 0 radical (unpaired) electrons. The summed E-state index contributed by atoms with van der Waals surface area (Å²) in [4.78, 5) is 15.9. The highest BCUT2D eigenvalue weighted by Crippen LogP contribution is 2.12. The monoisotopic (exact) mass is 284 g/mol. The van der Waals surface area contributed by atoms with E-state index in [4.69, 9.17) is 4.74 Å². The van der Waals surface area contributed by atoms with Crippen molar-refractivity contribution in [1.82, 2.24) is 9.80 Å². The second-order valence-corrected chi connectivity index (χ2v) is 6.29. The lowest BCUT2D eigenvalue weighted by Crippen LogP contribution is -2.44. The van der Waals surface area contributed by atoms with Crippen LogP contribution in [0.25, 0.3) is 0 Å². The van der Waals surface area contributed by atoms with Gasteiger partial charge in [-0.15, -0.1) is 0 Å². The maximum absolute atomic E-state index is 11.5. The van der Waals surface area contributed by atoms with Gasteiger partial charge >= 0.3 is 0 Å². The summed E-state index contributed by atoms with van der Waals surface area (Å²) in [5.74, 6) is 1.01. The Morgan fingerprint density at radius 3 is 2.85 bits per heavy atom. The van der Waals surface area contributed by atoms with Gasteiger partial charge in [-0.2, -0.15) is 0 Å². The third kappa shape index (κ3) is 6.71. The fourth-order valence-electron chi connectivity index (χ4n) is 2.61. The first-order valence-corrected chi connectivity index (χ1v) is 8.10. The molecule has 1 rings (SSSR count). The summed E-state index contributed by atoms with van der Waals surface area (Å²) in [6.07, 6.45) is 4.40. The Bertz CT molecular complexity index is 282. The van der Waals surface area contributed by atoms with Crippen LogP contribution in [0.4, 0.5) is 0 Å². The number of carbonyl (C=O) groups is 1. The molecule has 20 heavy (non-hydrogen) atoms. The number of hydrogen-bond donors (Lipinski definition) is 0. The number of morpholine rings is 1. The van der Waals surface area contributed by atoms with Gasteiger partial charge in [0.1, 0.15) is 0 Å². The zero-order valence-corrected chi connectivity index (χ0v) is 13.7. The van der Waals surface area contributed by atoms with Crippen molar-refractivity contribution in [2.45, 2.75) is 52.6 Å². The van der Waals surface area contributed by atoms with Crippen LogP contribution >= 0.6 is 0 Å². The molecule has 1 aliphatic heterocycles. The summed E-state index contributed by atoms with van der Waals surface area (Å²) in [6, 6.07) is 0. The minimum absolute atomic E-state index is 0.217. The van der Waals surface area contributed by atoms with E-state index >= 15 is 0 Å². The number of rotatable bonds is 8. The third-order valence-electron chi connectivity index (χ3n) is 3.99. The summed E-state index contributed by atoms with van der Waals surface area (Å²) >= 11 is 0. The molecule has 4 heteroatoms. The number of nitrogens with zero attached hydrogens (tertiary/aromatic N) is 2. The fraction of sp³-hybridized carbons (Fsp3) is 0.938. The molecule has 0 aliphatic carbocycles. The van der Waals surface area contributed by atoms with Crippen LogP contribution in [0.1, 0.15) is 46.5 Å². The Morgan fingerprint density at radius 1 is 1.45 bits per heavy atom. The van der Waals surface area contributed by atoms with E-state index in [1.165, 1.54) is 19.4 Å². The first-order chi connectivity index (χ1) is 9.52. The molecule has 0 spiro atoms. The zero-order valence-electron chi connectivity index (χ0n) is 13.7. The SMILES string of the molecule is CCC(=O)N(C)CC[C@@H]1CN(CCCC(C)C)CCO1. The van der Waals surface area contributed by atoms with Crippen molar-refractivity contribution in [2.24, 2.45) is 5.92 Å². The molecule has 1 heterocycles. The molecule has 0 saturated carbocycles. The molecule has 0 aromatic heterocycles. The Morgan fingerprint density at radius 2 is 2.20 bits per heavy atom. The van der Waals surface area contributed by atoms with Gasteiger partial charge in [0.05, 0.1) is 12.7 Å². The van der Waals surface area contributed by atoms with Crippen LogP contribution < -0.4 is 0 Å². The highest BCUT2D eigenvalue weighted by Gasteiger charge is 2.20. The van der Waals surface area contributed by atoms with Crippen LogP contribution in [0.5, 0.6) is 0 Å². The molecule has 1 saturated heterocycles. The highest BCUT2D eigenvalue weighted by atomic mass is 16.5. The second-order valence-electron chi connectivity index (χ2n) is 6.29. The predicted octanol–water partition coefficient (Wildman–Crippen LogP) is 2.38. The van der Waals surface area contributed by atoms with Gasteiger partial charge in [-0.25, -0.2) is 0 Å². The molecule has 0 bridgehead atoms. The van der Waals surface area contributed by atoms with E-state index in [9.17, 15) is 4.79 Å². The average molecular weight is 284 g/mol. The van der Waals surface area contributed by atoms with Gasteiger partial charge in [-0.1, -0.05) is 20.8 Å². The zero-order chi connectivity index (χ0) is 15.0. The lowest BCUT2D eigenvalue weighted by Gasteiger charge is -2.33. The largest absolute Gasteiger partial charge is 0.375 e. The van der Waals surface area contributed by atoms with E-state index in [0.29, 0.717) is 6.42 Å². The predicted molar refractivity (Wildman–Crippen MR) is 82.8 cm³/mol. The second kappa shape index (κ2) is 9.35. The van der Waals surface area contributed by atoms with E-state index in [1.54, 1.807) is 0 Å². The molecular weight excluding hydrogens is 252 g/mol. The summed E-state index contributed by atoms with van der Waals surface area (Å²) < 4.78 is 5.82. The average Bonchev–Trinajstić information content (AvgIpc) is 2.44. The van der Waals surface area contributed by atoms with Crippen LogP contribution in [-0.2, 0) is 9.53 Å². The lowest BCUT2D eigenvalue weighted by atomic mass is 10.1. The van der Waals surface area contributed by atoms with Crippen LogP contribution in [0.3, 0.4) is 0 Å². The van der Waals surface area contributed by atoms with Gasteiger partial charge < -0.3 is 9.64 Å². The van der Waals surface area contributed by atoms with Crippen LogP contribution in [0.2, 0.25) is 0 Å². The molecule has 0 N–H and O–H groups in total. The van der Waals surface area contributed by atoms with Crippen molar-refractivity contribution in [1.29, 1.82) is 0 Å².